The molecule has 3 unspecified atom stereocenters. The van der Waals surface area contributed by atoms with Gasteiger partial charge in [-0.3, -0.25) is 4.90 Å². The maximum atomic E-state index is 6.43. The molecule has 0 amide bonds. The van der Waals surface area contributed by atoms with E-state index < -0.39 is 0 Å². The van der Waals surface area contributed by atoms with Crippen molar-refractivity contribution < 1.29 is 4.74 Å². The minimum atomic E-state index is 0.105. The zero-order valence-corrected chi connectivity index (χ0v) is 14.6. The van der Waals surface area contributed by atoms with Gasteiger partial charge >= 0.3 is 0 Å². The molecule has 0 aliphatic rings. The average Bonchev–Trinajstić information content (AvgIpc) is 2.45. The van der Waals surface area contributed by atoms with E-state index in [1.807, 2.05) is 6.07 Å². The van der Waals surface area contributed by atoms with Gasteiger partial charge in [0.25, 0.3) is 0 Å². The van der Waals surface area contributed by atoms with Crippen molar-refractivity contribution in [3.05, 3.63) is 34.3 Å². The van der Waals surface area contributed by atoms with Crippen molar-refractivity contribution in [3.8, 4) is 0 Å². The second-order valence-corrected chi connectivity index (χ2v) is 6.03. The third-order valence-electron chi connectivity index (χ3n) is 3.80. The normalized spacial score (nSPS) is 16.1. The smallest absolute Gasteiger partial charge is 0.0615 e. The van der Waals surface area contributed by atoms with Crippen molar-refractivity contribution in [2.45, 2.75) is 45.3 Å². The number of nitrogens with zero attached hydrogens (tertiary/aromatic N) is 1. The molecule has 0 fully saturated rings. The first-order valence-corrected chi connectivity index (χ1v) is 8.10. The van der Waals surface area contributed by atoms with E-state index in [1.165, 1.54) is 5.56 Å². The summed E-state index contributed by atoms with van der Waals surface area (Å²) in [6, 6.07) is 8.99. The molecule has 0 aliphatic heterocycles. The lowest BCUT2D eigenvalue weighted by molar-refractivity contribution is 0.0626. The van der Waals surface area contributed by atoms with Gasteiger partial charge in [-0.1, -0.05) is 48.0 Å². The molecule has 3 atom stereocenters. The minimum absolute atomic E-state index is 0.105. The van der Waals surface area contributed by atoms with Crippen molar-refractivity contribution in [2.75, 3.05) is 20.3 Å². The Bertz CT molecular complexity index is 400. The lowest BCUT2D eigenvalue weighted by Crippen LogP contribution is -2.46. The van der Waals surface area contributed by atoms with Crippen molar-refractivity contribution in [1.82, 2.24) is 4.90 Å². The highest BCUT2D eigenvalue weighted by Crippen LogP contribution is 2.32. The van der Waals surface area contributed by atoms with Gasteiger partial charge in [0.15, 0.2) is 0 Å². The summed E-state index contributed by atoms with van der Waals surface area (Å²) in [5.41, 5.74) is 7.68. The van der Waals surface area contributed by atoms with E-state index in [4.69, 9.17) is 10.5 Å². The van der Waals surface area contributed by atoms with Crippen LogP contribution in [0.4, 0.5) is 0 Å². The molecule has 4 heteroatoms. The summed E-state index contributed by atoms with van der Waals surface area (Å²) in [6.45, 7) is 8.18. The van der Waals surface area contributed by atoms with Crippen LogP contribution in [0.2, 0.25) is 0 Å². The molecular formula is C16H27BrN2O. The first-order chi connectivity index (χ1) is 9.56. The van der Waals surface area contributed by atoms with Gasteiger partial charge in [0.05, 0.1) is 12.6 Å². The number of rotatable bonds is 8. The molecule has 0 aromatic heterocycles. The fourth-order valence-corrected chi connectivity index (χ4v) is 3.23. The molecule has 3 nitrogen and oxygen atoms in total. The van der Waals surface area contributed by atoms with Crippen LogP contribution in [0.25, 0.3) is 0 Å². The first kappa shape index (κ1) is 17.6. The Kier molecular flexibility index (Phi) is 7.74. The van der Waals surface area contributed by atoms with E-state index in [2.05, 4.69) is 59.8 Å². The first-order valence-electron chi connectivity index (χ1n) is 7.31. The Morgan fingerprint density at radius 3 is 2.45 bits per heavy atom. The quantitative estimate of drug-likeness (QED) is 0.784. The van der Waals surface area contributed by atoms with Crippen LogP contribution in [-0.4, -0.2) is 37.2 Å². The molecule has 0 bridgehead atoms. The lowest BCUT2D eigenvalue weighted by Gasteiger charge is -2.39. The van der Waals surface area contributed by atoms with Crippen LogP contribution in [0.3, 0.4) is 0 Å². The second-order valence-electron chi connectivity index (χ2n) is 5.17. The number of halogens is 1. The van der Waals surface area contributed by atoms with E-state index in [1.54, 1.807) is 7.11 Å². The molecule has 0 saturated heterocycles. The monoisotopic (exact) mass is 342 g/mol. The highest BCUT2D eigenvalue weighted by Gasteiger charge is 2.29. The van der Waals surface area contributed by atoms with Crippen LogP contribution in [0.5, 0.6) is 0 Å². The van der Waals surface area contributed by atoms with E-state index in [-0.39, 0.29) is 12.1 Å². The summed E-state index contributed by atoms with van der Waals surface area (Å²) in [5, 5.41) is 0. The van der Waals surface area contributed by atoms with Gasteiger partial charge in [-0.25, -0.2) is 0 Å². The van der Waals surface area contributed by atoms with Gasteiger partial charge in [0.1, 0.15) is 0 Å². The van der Waals surface area contributed by atoms with Crippen molar-refractivity contribution in [3.63, 3.8) is 0 Å². The molecular weight excluding hydrogens is 316 g/mol. The Hall–Kier alpha value is -0.420. The standard InChI is InChI=1S/C16H27BrN2O/c1-5-15(18)16(13-9-7-8-10-14(13)17)19(6-2)12(3)11-20-4/h7-10,12,15-16H,5-6,11,18H2,1-4H3. The number of nitrogens with two attached hydrogens (primary N) is 1. The second kappa shape index (κ2) is 8.78. The molecule has 1 aromatic rings. The summed E-state index contributed by atoms with van der Waals surface area (Å²) in [4.78, 5) is 2.43. The van der Waals surface area contributed by atoms with Crippen LogP contribution in [0.15, 0.2) is 28.7 Å². The fraction of sp³-hybridized carbons (Fsp3) is 0.625. The summed E-state index contributed by atoms with van der Waals surface area (Å²) in [6.07, 6.45) is 0.947. The summed E-state index contributed by atoms with van der Waals surface area (Å²) in [5.74, 6) is 0. The lowest BCUT2D eigenvalue weighted by atomic mass is 9.95. The predicted molar refractivity (Wildman–Crippen MR) is 88.9 cm³/mol. The van der Waals surface area contributed by atoms with Crippen molar-refractivity contribution in [1.29, 1.82) is 0 Å². The Labute approximate surface area is 131 Å². The Morgan fingerprint density at radius 1 is 1.30 bits per heavy atom. The van der Waals surface area contributed by atoms with Gasteiger partial charge in [-0.05, 0) is 31.5 Å². The molecule has 2 N–H and O–H groups in total. The van der Waals surface area contributed by atoms with Crippen LogP contribution in [0.1, 0.15) is 38.8 Å². The number of hydrogen-bond acceptors (Lipinski definition) is 3. The maximum absolute atomic E-state index is 6.43. The van der Waals surface area contributed by atoms with Gasteiger partial charge in [-0.2, -0.15) is 0 Å². The molecule has 0 aliphatic carbocycles. The predicted octanol–water partition coefficient (Wildman–Crippen LogP) is 3.58. The number of methoxy groups -OCH3 is 1. The largest absolute Gasteiger partial charge is 0.383 e. The molecule has 20 heavy (non-hydrogen) atoms. The van der Waals surface area contributed by atoms with E-state index in [0.29, 0.717) is 12.6 Å². The number of likely N-dealkylation sites (N-methyl/N-ethyl adjacent to an activating group) is 1. The Morgan fingerprint density at radius 2 is 1.95 bits per heavy atom. The number of ether oxygens (including phenoxy) is 1. The molecule has 0 radical (unpaired) electrons. The van der Waals surface area contributed by atoms with E-state index in [9.17, 15) is 0 Å². The number of hydrogen-bond donors (Lipinski definition) is 1. The number of benzene rings is 1. The zero-order chi connectivity index (χ0) is 15.1. The summed E-state index contributed by atoms with van der Waals surface area (Å²) < 4.78 is 6.44. The third-order valence-corrected chi connectivity index (χ3v) is 4.52. The Balaban J connectivity index is 3.14. The zero-order valence-electron chi connectivity index (χ0n) is 13.0. The highest BCUT2D eigenvalue weighted by atomic mass is 79.9. The van der Waals surface area contributed by atoms with Gasteiger partial charge in [0.2, 0.25) is 0 Å². The van der Waals surface area contributed by atoms with Crippen molar-refractivity contribution in [2.24, 2.45) is 5.73 Å². The molecule has 1 aromatic carbocycles. The molecule has 0 saturated carbocycles. The van der Waals surface area contributed by atoms with Gasteiger partial charge in [0, 0.05) is 23.7 Å². The highest BCUT2D eigenvalue weighted by molar-refractivity contribution is 9.10. The topological polar surface area (TPSA) is 38.5 Å². The molecule has 1 rings (SSSR count). The average molecular weight is 343 g/mol. The van der Waals surface area contributed by atoms with Crippen LogP contribution < -0.4 is 5.73 Å². The summed E-state index contributed by atoms with van der Waals surface area (Å²) in [7, 11) is 1.75. The molecule has 114 valence electrons. The molecule has 0 heterocycles. The fourth-order valence-electron chi connectivity index (χ4n) is 2.71. The van der Waals surface area contributed by atoms with Gasteiger partial charge in [-0.15, -0.1) is 0 Å². The van der Waals surface area contributed by atoms with Crippen LogP contribution >= 0.6 is 15.9 Å². The molecule has 0 spiro atoms. The van der Waals surface area contributed by atoms with E-state index >= 15 is 0 Å². The van der Waals surface area contributed by atoms with E-state index in [0.717, 1.165) is 17.4 Å². The van der Waals surface area contributed by atoms with Crippen LogP contribution in [0, 0.1) is 0 Å². The van der Waals surface area contributed by atoms with Crippen LogP contribution in [-0.2, 0) is 4.74 Å². The van der Waals surface area contributed by atoms with Gasteiger partial charge < -0.3 is 10.5 Å². The SMILES string of the molecule is CCC(N)C(c1ccccc1Br)N(CC)C(C)COC. The van der Waals surface area contributed by atoms with Crippen molar-refractivity contribution >= 4 is 15.9 Å². The maximum Gasteiger partial charge on any atom is 0.0615 e. The summed E-state index contributed by atoms with van der Waals surface area (Å²) >= 11 is 3.67. The third kappa shape index (κ3) is 4.29. The minimum Gasteiger partial charge on any atom is -0.383 e.